The lowest BCUT2D eigenvalue weighted by atomic mass is 10.1. The Labute approximate surface area is 105 Å². The molecule has 1 aromatic carbocycles. The number of rotatable bonds is 2. The van der Waals surface area contributed by atoms with Gasteiger partial charge in [-0.05, 0) is 18.2 Å². The third-order valence-electron chi connectivity index (χ3n) is 2.81. The fraction of sp³-hybridized carbons (Fsp3) is 0.308. The molecule has 0 spiro atoms. The van der Waals surface area contributed by atoms with E-state index >= 15 is 0 Å². The van der Waals surface area contributed by atoms with E-state index in [1.165, 1.54) is 0 Å². The van der Waals surface area contributed by atoms with Gasteiger partial charge in [0.25, 0.3) is 0 Å². The molecule has 3 nitrogen and oxygen atoms in total. The van der Waals surface area contributed by atoms with Gasteiger partial charge in [-0.1, -0.05) is 11.6 Å². The predicted molar refractivity (Wildman–Crippen MR) is 67.3 cm³/mol. The Kier molecular flexibility index (Phi) is 3.26. The lowest BCUT2D eigenvalue weighted by Crippen LogP contribution is -2.24. The number of carbonyl (C=O) groups is 1. The average Bonchev–Trinajstić information content (AvgIpc) is 2.70. The minimum Gasteiger partial charge on any atom is -0.495 e. The summed E-state index contributed by atoms with van der Waals surface area (Å²) in [5.41, 5.74) is 0.763. The maximum atomic E-state index is 11.8. The normalized spacial score (nSPS) is 19.2. The lowest BCUT2D eigenvalue weighted by Gasteiger charge is -2.17. The molecule has 0 bridgehead atoms. The predicted octanol–water partition coefficient (Wildman–Crippen LogP) is 2.33. The van der Waals surface area contributed by atoms with Gasteiger partial charge in [0, 0.05) is 24.6 Å². The largest absolute Gasteiger partial charge is 0.495 e. The first-order valence-electron chi connectivity index (χ1n) is 5.25. The molecule has 4 heteroatoms. The van der Waals surface area contributed by atoms with Gasteiger partial charge in [-0.2, -0.15) is 0 Å². The number of carbonyl (C=O) groups excluding carboxylic acids is 1. The number of ether oxygens (including phenoxy) is 1. The summed E-state index contributed by atoms with van der Waals surface area (Å²) in [6, 6.07) is 5.27. The summed E-state index contributed by atoms with van der Waals surface area (Å²) in [7, 11) is 1.55. The summed E-state index contributed by atoms with van der Waals surface area (Å²) in [6.07, 6.45) is 5.74. The Morgan fingerprint density at radius 1 is 1.59 bits per heavy atom. The molecule has 0 aromatic heterocycles. The van der Waals surface area contributed by atoms with Crippen molar-refractivity contribution in [2.24, 2.45) is 5.92 Å². The van der Waals surface area contributed by atoms with Crippen molar-refractivity contribution in [3.8, 4) is 18.1 Å². The van der Waals surface area contributed by atoms with E-state index in [4.69, 9.17) is 22.8 Å². The summed E-state index contributed by atoms with van der Waals surface area (Å²) >= 11 is 6.02. The van der Waals surface area contributed by atoms with Gasteiger partial charge in [0.05, 0.1) is 12.1 Å². The maximum absolute atomic E-state index is 11.8. The van der Waals surface area contributed by atoms with Gasteiger partial charge >= 0.3 is 0 Å². The Hall–Kier alpha value is -1.66. The Bertz CT molecular complexity index is 493. The van der Waals surface area contributed by atoms with Gasteiger partial charge in [-0.25, -0.2) is 0 Å². The third kappa shape index (κ3) is 2.22. The molecule has 0 saturated carbocycles. The van der Waals surface area contributed by atoms with Gasteiger partial charge in [0.2, 0.25) is 5.91 Å². The molecule has 1 aliphatic rings. The molecule has 0 aliphatic carbocycles. The van der Waals surface area contributed by atoms with Crippen molar-refractivity contribution < 1.29 is 9.53 Å². The molecule has 1 fully saturated rings. The first-order chi connectivity index (χ1) is 8.15. The van der Waals surface area contributed by atoms with Crippen molar-refractivity contribution in [1.82, 2.24) is 0 Å². The van der Waals surface area contributed by atoms with Gasteiger partial charge in [-0.15, -0.1) is 12.3 Å². The molecule has 1 unspecified atom stereocenters. The van der Waals surface area contributed by atoms with E-state index in [2.05, 4.69) is 5.92 Å². The second kappa shape index (κ2) is 4.68. The van der Waals surface area contributed by atoms with E-state index in [0.717, 1.165) is 5.69 Å². The van der Waals surface area contributed by atoms with E-state index in [0.29, 0.717) is 23.7 Å². The minimum absolute atomic E-state index is 0.0108. The SMILES string of the molecule is C#CC1CC(=O)N(c2ccc(OC)c(Cl)c2)C1. The second-order valence-corrected chi connectivity index (χ2v) is 4.30. The van der Waals surface area contributed by atoms with Crippen molar-refractivity contribution in [2.75, 3.05) is 18.6 Å². The average molecular weight is 250 g/mol. The fourth-order valence-corrected chi connectivity index (χ4v) is 2.14. The quantitative estimate of drug-likeness (QED) is 0.753. The molecule has 1 atom stereocenters. The molecule has 88 valence electrons. The third-order valence-corrected chi connectivity index (χ3v) is 3.10. The zero-order valence-electron chi connectivity index (χ0n) is 9.44. The Balaban J connectivity index is 2.27. The molecule has 1 aliphatic heterocycles. The van der Waals surface area contributed by atoms with Crippen LogP contribution in [-0.2, 0) is 4.79 Å². The number of amides is 1. The van der Waals surface area contributed by atoms with Gasteiger partial charge in [0.1, 0.15) is 5.75 Å². The first-order valence-corrected chi connectivity index (χ1v) is 5.63. The standard InChI is InChI=1S/C13H12ClNO2/c1-3-9-6-13(16)15(8-9)10-4-5-12(17-2)11(14)7-10/h1,4-5,7,9H,6,8H2,2H3. The van der Waals surface area contributed by atoms with E-state index in [-0.39, 0.29) is 11.8 Å². The number of benzene rings is 1. The van der Waals surface area contributed by atoms with Crippen LogP contribution in [0.2, 0.25) is 5.02 Å². The first kappa shape index (κ1) is 11.8. The number of hydrogen-bond donors (Lipinski definition) is 0. The fourth-order valence-electron chi connectivity index (χ4n) is 1.89. The van der Waals surface area contributed by atoms with E-state index < -0.39 is 0 Å². The maximum Gasteiger partial charge on any atom is 0.228 e. The van der Waals surface area contributed by atoms with Gasteiger partial charge in [0.15, 0.2) is 0 Å². The summed E-state index contributed by atoms with van der Waals surface area (Å²) < 4.78 is 5.06. The molecule has 1 amide bonds. The highest BCUT2D eigenvalue weighted by Gasteiger charge is 2.29. The van der Waals surface area contributed by atoms with Crippen LogP contribution in [0.15, 0.2) is 18.2 Å². The molecule has 1 saturated heterocycles. The van der Waals surface area contributed by atoms with Crippen LogP contribution >= 0.6 is 11.6 Å². The minimum atomic E-state index is -0.0108. The Morgan fingerprint density at radius 3 is 2.88 bits per heavy atom. The Morgan fingerprint density at radius 2 is 2.35 bits per heavy atom. The highest BCUT2D eigenvalue weighted by Crippen LogP contribution is 2.32. The van der Waals surface area contributed by atoms with Crippen LogP contribution in [0, 0.1) is 18.3 Å². The number of methoxy groups -OCH3 is 1. The van der Waals surface area contributed by atoms with Crippen LogP contribution in [-0.4, -0.2) is 19.6 Å². The van der Waals surface area contributed by atoms with Crippen LogP contribution in [0.25, 0.3) is 0 Å². The van der Waals surface area contributed by atoms with Crippen LogP contribution in [0.4, 0.5) is 5.69 Å². The number of halogens is 1. The van der Waals surface area contributed by atoms with Crippen molar-refractivity contribution in [3.63, 3.8) is 0 Å². The molecule has 0 N–H and O–H groups in total. The molecular formula is C13H12ClNO2. The molecule has 1 aromatic rings. The summed E-state index contributed by atoms with van der Waals surface area (Å²) in [6.45, 7) is 0.554. The summed E-state index contributed by atoms with van der Waals surface area (Å²) in [5, 5.41) is 0.488. The molecule has 0 radical (unpaired) electrons. The molecule has 2 rings (SSSR count). The van der Waals surface area contributed by atoms with E-state index in [1.807, 2.05) is 6.07 Å². The van der Waals surface area contributed by atoms with E-state index in [9.17, 15) is 4.79 Å². The number of nitrogens with zero attached hydrogens (tertiary/aromatic N) is 1. The van der Waals surface area contributed by atoms with Crippen molar-refractivity contribution in [1.29, 1.82) is 0 Å². The van der Waals surface area contributed by atoms with Gasteiger partial charge in [-0.3, -0.25) is 4.79 Å². The highest BCUT2D eigenvalue weighted by molar-refractivity contribution is 6.32. The summed E-state index contributed by atoms with van der Waals surface area (Å²) in [5.74, 6) is 3.23. The zero-order chi connectivity index (χ0) is 12.4. The number of anilines is 1. The lowest BCUT2D eigenvalue weighted by molar-refractivity contribution is -0.117. The van der Waals surface area contributed by atoms with Crippen LogP contribution in [0.3, 0.4) is 0 Å². The van der Waals surface area contributed by atoms with Crippen molar-refractivity contribution >= 4 is 23.2 Å². The second-order valence-electron chi connectivity index (χ2n) is 3.89. The highest BCUT2D eigenvalue weighted by atomic mass is 35.5. The molecule has 1 heterocycles. The van der Waals surface area contributed by atoms with Crippen LogP contribution < -0.4 is 9.64 Å². The topological polar surface area (TPSA) is 29.5 Å². The molecular weight excluding hydrogens is 238 g/mol. The van der Waals surface area contributed by atoms with Gasteiger partial charge < -0.3 is 9.64 Å². The van der Waals surface area contributed by atoms with E-state index in [1.54, 1.807) is 24.1 Å². The summed E-state index contributed by atoms with van der Waals surface area (Å²) in [4.78, 5) is 13.4. The van der Waals surface area contributed by atoms with Crippen LogP contribution in [0.5, 0.6) is 5.75 Å². The number of terminal acetylenes is 1. The molecule has 17 heavy (non-hydrogen) atoms. The zero-order valence-corrected chi connectivity index (χ0v) is 10.2. The van der Waals surface area contributed by atoms with Crippen LogP contribution in [0.1, 0.15) is 6.42 Å². The smallest absolute Gasteiger partial charge is 0.228 e. The monoisotopic (exact) mass is 249 g/mol. The van der Waals surface area contributed by atoms with Crippen molar-refractivity contribution in [3.05, 3.63) is 23.2 Å². The number of hydrogen-bond acceptors (Lipinski definition) is 2. The van der Waals surface area contributed by atoms with Crippen molar-refractivity contribution in [2.45, 2.75) is 6.42 Å².